The van der Waals surface area contributed by atoms with Crippen LogP contribution >= 0.6 is 0 Å². The molecule has 4 aliphatic carbocycles. The summed E-state index contributed by atoms with van der Waals surface area (Å²) in [6.07, 6.45) is 17.3. The lowest BCUT2D eigenvalue weighted by Gasteiger charge is -2.01. The molecule has 0 heteroatoms. The van der Waals surface area contributed by atoms with E-state index in [0.717, 1.165) is 17.8 Å². The molecule has 0 aromatic rings. The summed E-state index contributed by atoms with van der Waals surface area (Å²) in [5, 5.41) is 0. The predicted molar refractivity (Wildman–Crippen MR) is 80.9 cm³/mol. The summed E-state index contributed by atoms with van der Waals surface area (Å²) in [4.78, 5) is 0. The third-order valence-corrected chi connectivity index (χ3v) is 6.83. The third kappa shape index (κ3) is 3.37. The van der Waals surface area contributed by atoms with Crippen LogP contribution in [-0.2, 0) is 0 Å². The van der Waals surface area contributed by atoms with E-state index >= 15 is 0 Å². The van der Waals surface area contributed by atoms with Crippen LogP contribution in [-0.4, -0.2) is 0 Å². The van der Waals surface area contributed by atoms with Gasteiger partial charge >= 0.3 is 0 Å². The molecule has 0 nitrogen and oxygen atoms in total. The van der Waals surface area contributed by atoms with Gasteiger partial charge in [-0.3, -0.25) is 0 Å². The molecule has 6 unspecified atom stereocenters. The lowest BCUT2D eigenvalue weighted by atomic mass is 10.0. The normalized spacial score (nSPS) is 47.2. The van der Waals surface area contributed by atoms with Gasteiger partial charge in [-0.2, -0.15) is 0 Å². The minimum absolute atomic E-state index is 1.14. The lowest BCUT2D eigenvalue weighted by molar-refractivity contribution is 0.495. The van der Waals surface area contributed by atoms with Crippen molar-refractivity contribution in [1.82, 2.24) is 0 Å². The van der Waals surface area contributed by atoms with Gasteiger partial charge in [-0.15, -0.1) is 0 Å². The third-order valence-electron chi connectivity index (χ3n) is 6.83. The summed E-state index contributed by atoms with van der Waals surface area (Å²) < 4.78 is 0. The minimum Gasteiger partial charge on any atom is -0.0651 e. The molecule has 0 N–H and O–H groups in total. The summed E-state index contributed by atoms with van der Waals surface area (Å²) in [5.41, 5.74) is 0. The van der Waals surface area contributed by atoms with Gasteiger partial charge in [0.15, 0.2) is 0 Å². The Balaban J connectivity index is 1.06. The Hall–Kier alpha value is 0. The molecule has 0 radical (unpaired) electrons. The van der Waals surface area contributed by atoms with Gasteiger partial charge in [0.1, 0.15) is 0 Å². The van der Waals surface area contributed by atoms with E-state index in [1.807, 2.05) is 0 Å². The monoisotopic (exact) mass is 260 g/mol. The SMILES string of the molecule is CCC1CC1CC1CC1CC1CC1CCCC1CC1. The topological polar surface area (TPSA) is 0 Å². The van der Waals surface area contributed by atoms with Crippen molar-refractivity contribution in [3.8, 4) is 0 Å². The van der Waals surface area contributed by atoms with Crippen molar-refractivity contribution in [2.75, 3.05) is 0 Å². The van der Waals surface area contributed by atoms with E-state index in [1.54, 1.807) is 64.2 Å². The molecule has 0 amide bonds. The average Bonchev–Trinajstić information content (AvgIpc) is 3.26. The van der Waals surface area contributed by atoms with Crippen LogP contribution in [0.2, 0.25) is 0 Å². The van der Waals surface area contributed by atoms with Crippen molar-refractivity contribution in [2.45, 2.75) is 77.6 Å². The highest BCUT2D eigenvalue weighted by Gasteiger charge is 2.48. The maximum absolute atomic E-state index is 2.38. The summed E-state index contributed by atoms with van der Waals surface area (Å²) >= 11 is 0. The Bertz CT molecular complexity index is 316. The maximum atomic E-state index is 2.38. The van der Waals surface area contributed by atoms with Crippen LogP contribution in [0.5, 0.6) is 0 Å². The van der Waals surface area contributed by atoms with Gasteiger partial charge < -0.3 is 0 Å². The molecule has 0 aromatic heterocycles. The molecule has 0 spiro atoms. The first-order valence-electron chi connectivity index (χ1n) is 9.33. The second-order valence-electron chi connectivity index (χ2n) is 8.52. The Morgan fingerprint density at radius 3 is 1.89 bits per heavy atom. The average molecular weight is 260 g/mol. The van der Waals surface area contributed by atoms with E-state index in [-0.39, 0.29) is 0 Å². The first kappa shape index (κ1) is 12.7. The fourth-order valence-corrected chi connectivity index (χ4v) is 4.79. The second-order valence-corrected chi connectivity index (χ2v) is 8.52. The molecule has 4 saturated carbocycles. The first-order chi connectivity index (χ1) is 9.33. The fraction of sp³-hybridized carbons (Fsp3) is 1.00. The molecule has 6 atom stereocenters. The van der Waals surface area contributed by atoms with Crippen molar-refractivity contribution < 1.29 is 0 Å². The van der Waals surface area contributed by atoms with Gasteiger partial charge in [0, 0.05) is 0 Å². The van der Waals surface area contributed by atoms with Gasteiger partial charge in [-0.25, -0.2) is 0 Å². The van der Waals surface area contributed by atoms with Crippen LogP contribution in [0.15, 0.2) is 0 Å². The molecule has 4 aliphatic rings. The predicted octanol–water partition coefficient (Wildman–Crippen LogP) is 5.67. The lowest BCUT2D eigenvalue weighted by Crippen LogP contribution is -1.91. The quantitative estimate of drug-likeness (QED) is 0.501. The van der Waals surface area contributed by atoms with Gasteiger partial charge in [-0.05, 0) is 73.5 Å². The highest BCUT2D eigenvalue weighted by Crippen LogP contribution is 2.58. The zero-order valence-corrected chi connectivity index (χ0v) is 12.8. The Morgan fingerprint density at radius 1 is 0.684 bits per heavy atom. The highest BCUT2D eigenvalue weighted by molar-refractivity contribution is 4.98. The number of hydrogen-bond acceptors (Lipinski definition) is 0. The van der Waals surface area contributed by atoms with Crippen molar-refractivity contribution in [3.05, 3.63) is 0 Å². The van der Waals surface area contributed by atoms with Crippen LogP contribution in [0, 0.1) is 41.4 Å². The summed E-state index contributed by atoms with van der Waals surface area (Å²) in [6, 6.07) is 0. The molecule has 0 aliphatic heterocycles. The smallest absolute Gasteiger partial charge is 0.0380 e. The molecule has 0 bridgehead atoms. The van der Waals surface area contributed by atoms with E-state index in [4.69, 9.17) is 0 Å². The molecular formula is C19H32. The van der Waals surface area contributed by atoms with Gasteiger partial charge in [0.25, 0.3) is 0 Å². The maximum Gasteiger partial charge on any atom is -0.0380 e. The van der Waals surface area contributed by atoms with E-state index in [9.17, 15) is 0 Å². The van der Waals surface area contributed by atoms with Crippen molar-refractivity contribution in [1.29, 1.82) is 0 Å². The molecule has 4 fully saturated rings. The number of hydrogen-bond donors (Lipinski definition) is 0. The zero-order chi connectivity index (χ0) is 12.8. The first-order valence-corrected chi connectivity index (χ1v) is 9.33. The van der Waals surface area contributed by atoms with E-state index in [0.29, 0.717) is 0 Å². The Labute approximate surface area is 119 Å². The van der Waals surface area contributed by atoms with Gasteiger partial charge in [0.2, 0.25) is 0 Å². The molecule has 4 rings (SSSR count). The summed E-state index contributed by atoms with van der Waals surface area (Å²) in [6.45, 7) is 2.38. The highest BCUT2D eigenvalue weighted by atomic mass is 14.5. The molecule has 0 aromatic carbocycles. The Morgan fingerprint density at radius 2 is 1.26 bits per heavy atom. The van der Waals surface area contributed by atoms with Crippen LogP contribution in [0.1, 0.15) is 77.6 Å². The van der Waals surface area contributed by atoms with Crippen LogP contribution in [0.3, 0.4) is 0 Å². The van der Waals surface area contributed by atoms with Crippen molar-refractivity contribution >= 4 is 0 Å². The summed E-state index contributed by atoms with van der Waals surface area (Å²) in [5.74, 6) is 8.16. The molecule has 0 saturated heterocycles. The zero-order valence-electron chi connectivity index (χ0n) is 12.8. The molecule has 108 valence electrons. The number of rotatable bonds is 9. The fourth-order valence-electron chi connectivity index (χ4n) is 4.79. The van der Waals surface area contributed by atoms with Crippen LogP contribution in [0.25, 0.3) is 0 Å². The van der Waals surface area contributed by atoms with E-state index in [1.165, 1.54) is 30.1 Å². The largest absolute Gasteiger partial charge is 0.0651 e. The minimum atomic E-state index is 1.14. The molecular weight excluding hydrogens is 228 g/mol. The standard InChI is InChI=1S/C19H32/c1-2-14-8-16(14)10-18-12-19(18)11-17-9-15(17)5-3-4-13-6-7-13/h13-19H,2-12H2,1H3. The molecule has 19 heavy (non-hydrogen) atoms. The second kappa shape index (κ2) is 5.08. The van der Waals surface area contributed by atoms with E-state index in [2.05, 4.69) is 6.92 Å². The van der Waals surface area contributed by atoms with Gasteiger partial charge in [0.05, 0.1) is 0 Å². The van der Waals surface area contributed by atoms with Crippen molar-refractivity contribution in [3.63, 3.8) is 0 Å². The van der Waals surface area contributed by atoms with Crippen LogP contribution < -0.4 is 0 Å². The summed E-state index contributed by atoms with van der Waals surface area (Å²) in [7, 11) is 0. The van der Waals surface area contributed by atoms with Gasteiger partial charge in [-0.1, -0.05) is 45.4 Å². The van der Waals surface area contributed by atoms with E-state index < -0.39 is 0 Å². The van der Waals surface area contributed by atoms with Crippen LogP contribution in [0.4, 0.5) is 0 Å². The molecule has 0 heterocycles. The van der Waals surface area contributed by atoms with Crippen molar-refractivity contribution in [2.24, 2.45) is 41.4 Å². The Kier molecular flexibility index (Phi) is 3.40.